The van der Waals surface area contributed by atoms with Gasteiger partial charge < -0.3 is 10.5 Å². The molecule has 3 N–H and O–H groups in total. The van der Waals surface area contributed by atoms with E-state index in [1.54, 1.807) is 30.3 Å². The molecular formula is C22H16F3N5O3S. The molecular weight excluding hydrogens is 471 g/mol. The molecule has 8 nitrogen and oxygen atoms in total. The average Bonchev–Trinajstić information content (AvgIpc) is 2.80. The monoisotopic (exact) mass is 487 g/mol. The fraction of sp³-hybridized carbons (Fsp3) is 0.0455. The van der Waals surface area contributed by atoms with Crippen LogP contribution in [0.3, 0.4) is 0 Å². The molecule has 174 valence electrons. The highest BCUT2D eigenvalue weighted by atomic mass is 32.2. The van der Waals surface area contributed by atoms with Crippen molar-refractivity contribution >= 4 is 21.7 Å². The van der Waals surface area contributed by atoms with Crippen LogP contribution in [-0.2, 0) is 15.8 Å². The largest absolute Gasteiger partial charge is 0.432 e. The Labute approximate surface area is 192 Å². The Balaban J connectivity index is 1.64. The van der Waals surface area contributed by atoms with E-state index < -0.39 is 44.7 Å². The highest BCUT2D eigenvalue weighted by Gasteiger charge is 2.25. The molecule has 0 amide bonds. The molecule has 0 saturated heterocycles. The lowest BCUT2D eigenvalue weighted by atomic mass is 10.2. The van der Waals surface area contributed by atoms with Crippen molar-refractivity contribution in [3.63, 3.8) is 0 Å². The van der Waals surface area contributed by atoms with Crippen LogP contribution in [0, 0.1) is 17.5 Å². The van der Waals surface area contributed by atoms with Crippen LogP contribution < -0.4 is 15.2 Å². The maximum atomic E-state index is 14.8. The van der Waals surface area contributed by atoms with Gasteiger partial charge in [0.25, 0.3) is 0 Å². The molecule has 0 spiro atoms. The van der Waals surface area contributed by atoms with E-state index in [1.165, 1.54) is 30.6 Å². The summed E-state index contributed by atoms with van der Waals surface area (Å²) >= 11 is 0. The van der Waals surface area contributed by atoms with Crippen LogP contribution in [0.5, 0.6) is 11.6 Å². The van der Waals surface area contributed by atoms with Crippen molar-refractivity contribution < 1.29 is 26.3 Å². The van der Waals surface area contributed by atoms with Crippen LogP contribution in [-0.4, -0.2) is 23.4 Å². The Hall–Kier alpha value is -4.19. The van der Waals surface area contributed by atoms with Gasteiger partial charge in [-0.25, -0.2) is 32.2 Å². The molecule has 0 aliphatic heterocycles. The summed E-state index contributed by atoms with van der Waals surface area (Å²) in [5, 5.41) is 0. The summed E-state index contributed by atoms with van der Waals surface area (Å²) in [4.78, 5) is 11.7. The molecule has 2 aromatic heterocycles. The van der Waals surface area contributed by atoms with Crippen LogP contribution in [0.15, 0.2) is 67.0 Å². The average molecular weight is 487 g/mol. The molecule has 34 heavy (non-hydrogen) atoms. The number of halogens is 3. The summed E-state index contributed by atoms with van der Waals surface area (Å²) in [6, 6.07) is 13.0. The number of nitrogens with one attached hydrogen (secondary N) is 1. The number of anilines is 2. The van der Waals surface area contributed by atoms with Crippen molar-refractivity contribution in [1.82, 2.24) is 15.0 Å². The number of nitrogen functional groups attached to an aromatic ring is 1. The number of pyridine rings is 1. The number of hydrogen-bond acceptors (Lipinski definition) is 7. The van der Waals surface area contributed by atoms with Gasteiger partial charge in [0.2, 0.25) is 33.4 Å². The summed E-state index contributed by atoms with van der Waals surface area (Å²) in [5.41, 5.74) is 5.54. The normalized spacial score (nSPS) is 11.3. The fourth-order valence-corrected chi connectivity index (χ4v) is 4.22. The van der Waals surface area contributed by atoms with E-state index in [-0.39, 0.29) is 23.1 Å². The maximum Gasteiger partial charge on any atom is 0.237 e. The highest BCUT2D eigenvalue weighted by molar-refractivity contribution is 7.91. The second kappa shape index (κ2) is 9.35. The molecule has 4 rings (SSSR count). The van der Waals surface area contributed by atoms with Gasteiger partial charge >= 0.3 is 0 Å². The van der Waals surface area contributed by atoms with E-state index in [1.807, 2.05) is 4.72 Å². The zero-order valence-corrected chi connectivity index (χ0v) is 18.1. The van der Waals surface area contributed by atoms with Gasteiger partial charge in [0.15, 0.2) is 11.6 Å². The highest BCUT2D eigenvalue weighted by Crippen LogP contribution is 2.36. The van der Waals surface area contributed by atoms with Crippen LogP contribution >= 0.6 is 0 Å². The van der Waals surface area contributed by atoms with E-state index in [2.05, 4.69) is 15.0 Å². The standard InChI is InChI=1S/C22H16F3N5O3S/c23-15-11-17(30-34(31,32)12-13-5-2-1-3-6-13)18(24)19(25)20(15)33-21-14(7-4-9-27-21)16-8-10-28-22(26)29-16/h1-11,30H,12H2,(H2,26,28,29). The van der Waals surface area contributed by atoms with Crippen LogP contribution in [0.25, 0.3) is 11.3 Å². The van der Waals surface area contributed by atoms with Gasteiger partial charge in [-0.05, 0) is 23.8 Å². The molecule has 0 bridgehead atoms. The molecule has 12 heteroatoms. The van der Waals surface area contributed by atoms with E-state index in [4.69, 9.17) is 10.5 Å². The zero-order chi connectivity index (χ0) is 24.3. The Morgan fingerprint density at radius 2 is 1.71 bits per heavy atom. The van der Waals surface area contributed by atoms with Gasteiger partial charge in [-0.2, -0.15) is 4.39 Å². The number of hydrogen-bond donors (Lipinski definition) is 2. The van der Waals surface area contributed by atoms with Crippen LogP contribution in [0.2, 0.25) is 0 Å². The number of ether oxygens (including phenoxy) is 1. The third-order valence-corrected chi connectivity index (χ3v) is 5.75. The van der Waals surface area contributed by atoms with Crippen molar-refractivity contribution in [2.75, 3.05) is 10.5 Å². The quantitative estimate of drug-likeness (QED) is 0.374. The summed E-state index contributed by atoms with van der Waals surface area (Å²) in [5.74, 6) is -6.69. The van der Waals surface area contributed by atoms with Gasteiger partial charge in [-0.3, -0.25) is 4.72 Å². The van der Waals surface area contributed by atoms with Crippen LogP contribution in [0.4, 0.5) is 24.8 Å². The van der Waals surface area contributed by atoms with Gasteiger partial charge in [0.05, 0.1) is 22.7 Å². The minimum atomic E-state index is -4.16. The Bertz CT molecular complexity index is 1450. The molecule has 0 saturated carbocycles. The van der Waals surface area contributed by atoms with E-state index >= 15 is 0 Å². The summed E-state index contributed by atoms with van der Waals surface area (Å²) < 4.78 is 76.0. The minimum absolute atomic E-state index is 0.0529. The molecule has 2 aromatic carbocycles. The molecule has 0 aliphatic rings. The topological polar surface area (TPSA) is 120 Å². The van der Waals surface area contributed by atoms with E-state index in [0.717, 1.165) is 0 Å². The van der Waals surface area contributed by atoms with Gasteiger partial charge in [0, 0.05) is 18.5 Å². The third-order valence-electron chi connectivity index (χ3n) is 4.50. The molecule has 0 aliphatic carbocycles. The molecule has 0 atom stereocenters. The van der Waals surface area contributed by atoms with Crippen molar-refractivity contribution in [3.05, 3.63) is 90.0 Å². The SMILES string of the molecule is Nc1nccc(-c2cccnc2Oc2c(F)cc(NS(=O)(=O)Cc3ccccc3)c(F)c2F)n1. The Kier molecular flexibility index (Phi) is 6.32. The zero-order valence-electron chi connectivity index (χ0n) is 17.2. The molecule has 0 radical (unpaired) electrons. The van der Waals surface area contributed by atoms with Crippen LogP contribution in [0.1, 0.15) is 5.56 Å². The van der Waals surface area contributed by atoms with E-state index in [0.29, 0.717) is 11.6 Å². The lowest BCUT2D eigenvalue weighted by Crippen LogP contribution is -2.17. The second-order valence-corrected chi connectivity index (χ2v) is 8.69. The van der Waals surface area contributed by atoms with Crippen molar-refractivity contribution in [2.24, 2.45) is 0 Å². The summed E-state index contributed by atoms with van der Waals surface area (Å²) in [6.45, 7) is 0. The second-order valence-electron chi connectivity index (χ2n) is 6.97. The molecule has 0 unspecified atom stereocenters. The Morgan fingerprint density at radius 3 is 2.44 bits per heavy atom. The predicted molar refractivity (Wildman–Crippen MR) is 119 cm³/mol. The van der Waals surface area contributed by atoms with Crippen molar-refractivity contribution in [1.29, 1.82) is 0 Å². The number of nitrogens with zero attached hydrogens (tertiary/aromatic N) is 3. The first kappa shape index (κ1) is 23.0. The van der Waals surface area contributed by atoms with E-state index in [9.17, 15) is 21.6 Å². The lowest BCUT2D eigenvalue weighted by Gasteiger charge is -2.14. The first-order valence-electron chi connectivity index (χ1n) is 9.67. The molecule has 4 aromatic rings. The van der Waals surface area contributed by atoms with Gasteiger partial charge in [0.1, 0.15) is 0 Å². The lowest BCUT2D eigenvalue weighted by molar-refractivity contribution is 0.379. The number of nitrogens with two attached hydrogens (primary N) is 1. The number of aromatic nitrogens is 3. The van der Waals surface area contributed by atoms with Crippen molar-refractivity contribution in [3.8, 4) is 22.9 Å². The number of sulfonamides is 1. The summed E-state index contributed by atoms with van der Waals surface area (Å²) in [6.07, 6.45) is 2.66. The molecule has 2 heterocycles. The predicted octanol–water partition coefficient (Wildman–Crippen LogP) is 4.27. The Morgan fingerprint density at radius 1 is 0.941 bits per heavy atom. The first-order chi connectivity index (χ1) is 16.2. The number of benzene rings is 2. The van der Waals surface area contributed by atoms with Crippen molar-refractivity contribution in [2.45, 2.75) is 5.75 Å². The minimum Gasteiger partial charge on any atom is -0.432 e. The fourth-order valence-electron chi connectivity index (χ4n) is 3.03. The van der Waals surface area contributed by atoms with Gasteiger partial charge in [-0.1, -0.05) is 30.3 Å². The smallest absolute Gasteiger partial charge is 0.237 e. The maximum absolute atomic E-state index is 14.8. The molecule has 0 fully saturated rings. The first-order valence-corrected chi connectivity index (χ1v) is 11.3. The summed E-state index contributed by atoms with van der Waals surface area (Å²) in [7, 11) is -4.16. The third kappa shape index (κ3) is 5.07. The van der Waals surface area contributed by atoms with Gasteiger partial charge in [-0.15, -0.1) is 0 Å². The number of rotatable bonds is 7.